The van der Waals surface area contributed by atoms with Gasteiger partial charge in [0.1, 0.15) is 0 Å². The van der Waals surface area contributed by atoms with Gasteiger partial charge in [-0.1, -0.05) is 29.8 Å². The second-order valence-electron chi connectivity index (χ2n) is 5.53. The van der Waals surface area contributed by atoms with Crippen LogP contribution in [0.3, 0.4) is 0 Å². The van der Waals surface area contributed by atoms with Crippen LogP contribution in [-0.4, -0.2) is 23.4 Å². The number of nitrogens with zero attached hydrogens (tertiary/aromatic N) is 2. The van der Waals surface area contributed by atoms with E-state index >= 15 is 0 Å². The molecule has 21 heavy (non-hydrogen) atoms. The Labute approximate surface area is 135 Å². The summed E-state index contributed by atoms with van der Waals surface area (Å²) >= 11 is 3.70. The molecule has 3 nitrogen and oxygen atoms in total. The molecule has 1 atom stereocenters. The third-order valence-corrected chi connectivity index (χ3v) is 4.92. The molecule has 0 saturated heterocycles. The van der Waals surface area contributed by atoms with Crippen molar-refractivity contribution in [2.24, 2.45) is 0 Å². The summed E-state index contributed by atoms with van der Waals surface area (Å²) < 4.78 is 3.26. The zero-order chi connectivity index (χ0) is 15.4. The molecule has 0 aliphatic heterocycles. The van der Waals surface area contributed by atoms with Gasteiger partial charge >= 0.3 is 0 Å². The van der Waals surface area contributed by atoms with Crippen LogP contribution in [0.4, 0.5) is 0 Å². The first-order valence-electron chi connectivity index (χ1n) is 7.49. The van der Waals surface area contributed by atoms with Crippen molar-refractivity contribution in [1.82, 2.24) is 15.1 Å². The molecule has 1 aromatic heterocycles. The molecule has 2 rings (SSSR count). The molecule has 1 heterocycles. The van der Waals surface area contributed by atoms with Gasteiger partial charge in [0, 0.05) is 19.0 Å². The minimum atomic E-state index is 0.452. The highest BCUT2D eigenvalue weighted by atomic mass is 79.9. The Kier molecular flexibility index (Phi) is 5.59. The Morgan fingerprint density at radius 2 is 1.90 bits per heavy atom. The molecular formula is C17H24BrN3. The quantitative estimate of drug-likeness (QED) is 0.858. The van der Waals surface area contributed by atoms with Gasteiger partial charge < -0.3 is 5.32 Å². The Balaban J connectivity index is 2.30. The standard InChI is InChI=1S/C17H24BrN3/c1-5-21-16(17(18)13(3)20-21)10-15(11-19-4)14-8-6-12(2)7-9-14/h6-9,15,19H,5,10-11H2,1-4H3. The number of halogens is 1. The van der Waals surface area contributed by atoms with Crippen molar-refractivity contribution in [3.05, 3.63) is 51.3 Å². The highest BCUT2D eigenvalue weighted by molar-refractivity contribution is 9.10. The van der Waals surface area contributed by atoms with Crippen LogP contribution >= 0.6 is 15.9 Å². The van der Waals surface area contributed by atoms with E-state index in [1.54, 1.807) is 0 Å². The molecule has 0 bridgehead atoms. The maximum absolute atomic E-state index is 4.60. The molecule has 1 N–H and O–H groups in total. The molecule has 1 aromatic carbocycles. The summed E-state index contributed by atoms with van der Waals surface area (Å²) in [4.78, 5) is 0. The fourth-order valence-electron chi connectivity index (χ4n) is 2.69. The van der Waals surface area contributed by atoms with Crippen molar-refractivity contribution < 1.29 is 0 Å². The lowest BCUT2D eigenvalue weighted by Gasteiger charge is -2.18. The Morgan fingerprint density at radius 3 is 2.48 bits per heavy atom. The SMILES string of the molecule is CCn1nc(C)c(Br)c1CC(CNC)c1ccc(C)cc1. The molecule has 114 valence electrons. The van der Waals surface area contributed by atoms with E-state index in [1.807, 2.05) is 7.05 Å². The van der Waals surface area contributed by atoms with Crippen LogP contribution in [0.15, 0.2) is 28.7 Å². The summed E-state index contributed by atoms with van der Waals surface area (Å²) in [5.41, 5.74) is 5.04. The number of aryl methyl sites for hydroxylation is 3. The zero-order valence-corrected chi connectivity index (χ0v) is 14.9. The van der Waals surface area contributed by atoms with Crippen molar-refractivity contribution in [1.29, 1.82) is 0 Å². The summed E-state index contributed by atoms with van der Waals surface area (Å²) in [5.74, 6) is 0.452. The first-order chi connectivity index (χ1) is 10.1. The predicted molar refractivity (Wildman–Crippen MR) is 91.9 cm³/mol. The van der Waals surface area contributed by atoms with Gasteiger partial charge in [0.2, 0.25) is 0 Å². The summed E-state index contributed by atoms with van der Waals surface area (Å²) in [6, 6.07) is 8.86. The number of aromatic nitrogens is 2. The van der Waals surface area contributed by atoms with Gasteiger partial charge in [0.25, 0.3) is 0 Å². The fraction of sp³-hybridized carbons (Fsp3) is 0.471. The Morgan fingerprint density at radius 1 is 1.24 bits per heavy atom. The monoisotopic (exact) mass is 349 g/mol. The Bertz CT molecular complexity index is 587. The van der Waals surface area contributed by atoms with E-state index in [9.17, 15) is 0 Å². The van der Waals surface area contributed by atoms with Crippen molar-refractivity contribution in [3.8, 4) is 0 Å². The highest BCUT2D eigenvalue weighted by Gasteiger charge is 2.18. The van der Waals surface area contributed by atoms with Crippen LogP contribution in [0.1, 0.15) is 35.4 Å². The number of nitrogens with one attached hydrogen (secondary N) is 1. The molecule has 0 amide bonds. The zero-order valence-electron chi connectivity index (χ0n) is 13.3. The fourth-order valence-corrected chi connectivity index (χ4v) is 3.14. The first-order valence-corrected chi connectivity index (χ1v) is 8.29. The van der Waals surface area contributed by atoms with Gasteiger partial charge in [-0.25, -0.2) is 0 Å². The third kappa shape index (κ3) is 3.74. The maximum Gasteiger partial charge on any atom is 0.0738 e. The Hall–Kier alpha value is -1.13. The van der Waals surface area contributed by atoms with E-state index < -0.39 is 0 Å². The maximum atomic E-state index is 4.60. The van der Waals surface area contributed by atoms with E-state index in [1.165, 1.54) is 16.8 Å². The van der Waals surface area contributed by atoms with E-state index in [0.717, 1.165) is 29.7 Å². The van der Waals surface area contributed by atoms with Gasteiger partial charge in [0.05, 0.1) is 15.9 Å². The number of hydrogen-bond acceptors (Lipinski definition) is 2. The number of hydrogen-bond donors (Lipinski definition) is 1. The number of benzene rings is 1. The topological polar surface area (TPSA) is 29.9 Å². The summed E-state index contributed by atoms with van der Waals surface area (Å²) in [7, 11) is 2.01. The van der Waals surface area contributed by atoms with E-state index in [0.29, 0.717) is 5.92 Å². The summed E-state index contributed by atoms with van der Waals surface area (Å²) in [6.07, 6.45) is 0.985. The lowest BCUT2D eigenvalue weighted by molar-refractivity contribution is 0.562. The number of rotatable bonds is 6. The third-order valence-electron chi connectivity index (χ3n) is 3.89. The van der Waals surface area contributed by atoms with Crippen molar-refractivity contribution in [2.75, 3.05) is 13.6 Å². The molecule has 0 radical (unpaired) electrons. The normalized spacial score (nSPS) is 12.6. The average Bonchev–Trinajstić information content (AvgIpc) is 2.75. The highest BCUT2D eigenvalue weighted by Crippen LogP contribution is 2.27. The molecule has 0 saturated carbocycles. The van der Waals surface area contributed by atoms with Gasteiger partial charge in [-0.2, -0.15) is 5.10 Å². The van der Waals surface area contributed by atoms with Crippen LogP contribution in [0, 0.1) is 13.8 Å². The second kappa shape index (κ2) is 7.23. The average molecular weight is 350 g/mol. The number of likely N-dealkylation sites (N-methyl/N-ethyl adjacent to an activating group) is 1. The molecule has 0 fully saturated rings. The largest absolute Gasteiger partial charge is 0.319 e. The van der Waals surface area contributed by atoms with Gasteiger partial charge in [-0.15, -0.1) is 0 Å². The van der Waals surface area contributed by atoms with Crippen molar-refractivity contribution in [2.45, 2.75) is 39.7 Å². The lowest BCUT2D eigenvalue weighted by atomic mass is 9.93. The molecule has 0 spiro atoms. The smallest absolute Gasteiger partial charge is 0.0738 e. The van der Waals surface area contributed by atoms with E-state index in [4.69, 9.17) is 0 Å². The summed E-state index contributed by atoms with van der Waals surface area (Å²) in [6.45, 7) is 8.19. The predicted octanol–water partition coefficient (Wildman–Crippen LogP) is 3.83. The van der Waals surface area contributed by atoms with Crippen LogP contribution in [-0.2, 0) is 13.0 Å². The molecule has 0 aliphatic rings. The molecule has 4 heteroatoms. The van der Waals surface area contributed by atoms with Crippen LogP contribution in [0.2, 0.25) is 0 Å². The van der Waals surface area contributed by atoms with Gasteiger partial charge in [-0.05, 0) is 55.7 Å². The van der Waals surface area contributed by atoms with Crippen LogP contribution in [0.25, 0.3) is 0 Å². The van der Waals surface area contributed by atoms with Crippen molar-refractivity contribution in [3.63, 3.8) is 0 Å². The lowest BCUT2D eigenvalue weighted by Crippen LogP contribution is -2.20. The van der Waals surface area contributed by atoms with E-state index in [-0.39, 0.29) is 0 Å². The minimum Gasteiger partial charge on any atom is -0.319 e. The van der Waals surface area contributed by atoms with Crippen LogP contribution in [0.5, 0.6) is 0 Å². The summed E-state index contributed by atoms with van der Waals surface area (Å²) in [5, 5.41) is 7.92. The molecule has 2 aromatic rings. The van der Waals surface area contributed by atoms with Gasteiger partial charge in [-0.3, -0.25) is 4.68 Å². The molecular weight excluding hydrogens is 326 g/mol. The second-order valence-corrected chi connectivity index (χ2v) is 6.32. The molecule has 0 aliphatic carbocycles. The minimum absolute atomic E-state index is 0.452. The van der Waals surface area contributed by atoms with Gasteiger partial charge in [0.15, 0.2) is 0 Å². The van der Waals surface area contributed by atoms with Crippen molar-refractivity contribution >= 4 is 15.9 Å². The van der Waals surface area contributed by atoms with E-state index in [2.05, 4.69) is 76.1 Å². The van der Waals surface area contributed by atoms with Crippen LogP contribution < -0.4 is 5.32 Å². The first kappa shape index (κ1) is 16.2. The molecule has 1 unspecified atom stereocenters.